The molecule has 2 rings (SSSR count). The third kappa shape index (κ3) is 4.70. The second kappa shape index (κ2) is 7.78. The maximum atomic E-state index is 6.12. The molecule has 0 bridgehead atoms. The van der Waals surface area contributed by atoms with Crippen LogP contribution in [0.25, 0.3) is 0 Å². The Hall–Kier alpha value is -1.10. The van der Waals surface area contributed by atoms with Crippen LogP contribution < -0.4 is 10.1 Å². The van der Waals surface area contributed by atoms with Crippen molar-refractivity contribution in [2.75, 3.05) is 20.8 Å². The van der Waals surface area contributed by atoms with E-state index in [-0.39, 0.29) is 24.4 Å². The molecule has 1 N–H and O–H groups in total. The predicted molar refractivity (Wildman–Crippen MR) is 83.8 cm³/mol. The van der Waals surface area contributed by atoms with E-state index in [1.165, 1.54) is 5.56 Å². The molecule has 118 valence electrons. The molecule has 0 spiro atoms. The minimum Gasteiger partial charge on any atom is -0.497 e. The zero-order valence-electron chi connectivity index (χ0n) is 13.5. The lowest BCUT2D eigenvalue weighted by atomic mass is 10.0. The van der Waals surface area contributed by atoms with Crippen LogP contribution in [0, 0.1) is 0 Å². The first-order chi connectivity index (χ1) is 10.1. The Labute approximate surface area is 127 Å². The summed E-state index contributed by atoms with van der Waals surface area (Å²) in [4.78, 5) is 0. The molecule has 1 heterocycles. The topological polar surface area (TPSA) is 39.7 Å². The molecule has 4 nitrogen and oxygen atoms in total. The van der Waals surface area contributed by atoms with Gasteiger partial charge in [0.1, 0.15) is 5.75 Å². The maximum absolute atomic E-state index is 6.12. The van der Waals surface area contributed by atoms with Gasteiger partial charge in [-0.25, -0.2) is 0 Å². The molecule has 0 saturated carbocycles. The van der Waals surface area contributed by atoms with Crippen molar-refractivity contribution in [3.05, 3.63) is 29.8 Å². The van der Waals surface area contributed by atoms with Gasteiger partial charge in [-0.1, -0.05) is 12.1 Å². The molecule has 4 heteroatoms. The molecule has 3 atom stereocenters. The summed E-state index contributed by atoms with van der Waals surface area (Å²) in [5, 5.41) is 3.32. The molecule has 1 fully saturated rings. The van der Waals surface area contributed by atoms with Gasteiger partial charge in [0.2, 0.25) is 0 Å². The lowest BCUT2D eigenvalue weighted by Crippen LogP contribution is -2.35. The summed E-state index contributed by atoms with van der Waals surface area (Å²) in [5.74, 6) is 0.876. The first-order valence-electron chi connectivity index (χ1n) is 7.70. The van der Waals surface area contributed by atoms with Gasteiger partial charge in [-0.05, 0) is 51.4 Å². The molecule has 1 aliphatic rings. The van der Waals surface area contributed by atoms with E-state index in [2.05, 4.69) is 31.3 Å². The zero-order valence-corrected chi connectivity index (χ0v) is 13.5. The lowest BCUT2D eigenvalue weighted by Gasteiger charge is -2.33. The van der Waals surface area contributed by atoms with Crippen molar-refractivity contribution in [2.24, 2.45) is 0 Å². The molecular formula is C17H27NO3. The highest BCUT2D eigenvalue weighted by atomic mass is 16.5. The predicted octanol–water partition coefficient (Wildman–Crippen LogP) is 2.93. The van der Waals surface area contributed by atoms with Gasteiger partial charge < -0.3 is 19.5 Å². The minimum atomic E-state index is 0.175. The average molecular weight is 293 g/mol. The number of hydrogen-bond donors (Lipinski definition) is 1. The molecule has 1 aromatic carbocycles. The average Bonchev–Trinajstić information content (AvgIpc) is 2.47. The van der Waals surface area contributed by atoms with E-state index >= 15 is 0 Å². The van der Waals surface area contributed by atoms with Crippen LogP contribution in [0.4, 0.5) is 0 Å². The first kappa shape index (κ1) is 16.3. The molecule has 0 aliphatic carbocycles. The summed E-state index contributed by atoms with van der Waals surface area (Å²) in [6, 6.07) is 8.30. The van der Waals surface area contributed by atoms with E-state index < -0.39 is 0 Å². The maximum Gasteiger partial charge on any atom is 0.119 e. The summed E-state index contributed by atoms with van der Waals surface area (Å²) in [6.45, 7) is 4.89. The normalized spacial score (nSPS) is 27.3. The van der Waals surface area contributed by atoms with Gasteiger partial charge >= 0.3 is 0 Å². The van der Waals surface area contributed by atoms with Crippen molar-refractivity contribution in [1.29, 1.82) is 0 Å². The fourth-order valence-corrected chi connectivity index (χ4v) is 2.92. The summed E-state index contributed by atoms with van der Waals surface area (Å²) in [7, 11) is 3.65. The van der Waals surface area contributed by atoms with Crippen LogP contribution in [0.2, 0.25) is 0 Å². The lowest BCUT2D eigenvalue weighted by molar-refractivity contribution is -0.104. The summed E-state index contributed by atoms with van der Waals surface area (Å²) < 4.78 is 17.2. The molecule has 1 saturated heterocycles. The number of nitrogens with one attached hydrogen (secondary N) is 1. The molecule has 0 amide bonds. The van der Waals surface area contributed by atoms with Crippen molar-refractivity contribution < 1.29 is 14.2 Å². The first-order valence-corrected chi connectivity index (χ1v) is 7.70. The van der Waals surface area contributed by atoms with Crippen LogP contribution in [0.1, 0.15) is 38.3 Å². The van der Waals surface area contributed by atoms with Gasteiger partial charge in [-0.2, -0.15) is 0 Å². The molecule has 0 radical (unpaired) electrons. The number of methoxy groups -OCH3 is 1. The van der Waals surface area contributed by atoms with Crippen molar-refractivity contribution in [3.63, 3.8) is 0 Å². The highest BCUT2D eigenvalue weighted by molar-refractivity contribution is 5.30. The van der Waals surface area contributed by atoms with Crippen LogP contribution in [0.3, 0.4) is 0 Å². The number of hydrogen-bond acceptors (Lipinski definition) is 4. The second-order valence-electron chi connectivity index (χ2n) is 5.80. The Bertz CT molecular complexity index is 428. The Kier molecular flexibility index (Phi) is 6.03. The van der Waals surface area contributed by atoms with E-state index in [1.807, 2.05) is 19.2 Å². The van der Waals surface area contributed by atoms with Gasteiger partial charge in [0.25, 0.3) is 0 Å². The highest BCUT2D eigenvalue weighted by Gasteiger charge is 2.25. The SMILES string of the molecule is CNC(COC1CC(C)OC(C)C1)c1cccc(OC)c1. The van der Waals surface area contributed by atoms with Crippen LogP contribution in [0.5, 0.6) is 5.75 Å². The number of ether oxygens (including phenoxy) is 3. The third-order valence-corrected chi connectivity index (χ3v) is 4.00. The zero-order chi connectivity index (χ0) is 15.2. The molecule has 1 aliphatic heterocycles. The van der Waals surface area contributed by atoms with Crippen molar-refractivity contribution >= 4 is 0 Å². The van der Waals surface area contributed by atoms with Crippen LogP contribution in [0.15, 0.2) is 24.3 Å². The fourth-order valence-electron chi connectivity index (χ4n) is 2.92. The Morgan fingerprint density at radius 2 is 2.00 bits per heavy atom. The Balaban J connectivity index is 1.92. The number of benzene rings is 1. The van der Waals surface area contributed by atoms with Crippen LogP contribution >= 0.6 is 0 Å². The van der Waals surface area contributed by atoms with Crippen molar-refractivity contribution in [3.8, 4) is 5.75 Å². The van der Waals surface area contributed by atoms with Gasteiger partial charge in [0.05, 0.1) is 38.1 Å². The Morgan fingerprint density at radius 3 is 2.62 bits per heavy atom. The molecule has 1 aromatic rings. The van der Waals surface area contributed by atoms with Gasteiger partial charge in [-0.15, -0.1) is 0 Å². The van der Waals surface area contributed by atoms with Gasteiger partial charge in [0, 0.05) is 0 Å². The molecule has 21 heavy (non-hydrogen) atoms. The largest absolute Gasteiger partial charge is 0.497 e. The van der Waals surface area contributed by atoms with E-state index in [1.54, 1.807) is 7.11 Å². The summed E-state index contributed by atoms with van der Waals surface area (Å²) in [5.41, 5.74) is 1.19. The Morgan fingerprint density at radius 1 is 1.29 bits per heavy atom. The number of rotatable bonds is 6. The second-order valence-corrected chi connectivity index (χ2v) is 5.80. The van der Waals surface area contributed by atoms with E-state index in [0.29, 0.717) is 6.61 Å². The summed E-state index contributed by atoms with van der Waals surface area (Å²) >= 11 is 0. The third-order valence-electron chi connectivity index (χ3n) is 4.00. The fraction of sp³-hybridized carbons (Fsp3) is 0.647. The number of likely N-dealkylation sites (N-methyl/N-ethyl adjacent to an activating group) is 1. The van der Waals surface area contributed by atoms with Crippen LogP contribution in [-0.2, 0) is 9.47 Å². The minimum absolute atomic E-state index is 0.175. The quantitative estimate of drug-likeness (QED) is 0.875. The molecular weight excluding hydrogens is 266 g/mol. The molecule has 0 aromatic heterocycles. The van der Waals surface area contributed by atoms with E-state index in [9.17, 15) is 0 Å². The monoisotopic (exact) mass is 293 g/mol. The van der Waals surface area contributed by atoms with Crippen LogP contribution in [-0.4, -0.2) is 39.1 Å². The van der Waals surface area contributed by atoms with Crippen molar-refractivity contribution in [2.45, 2.75) is 51.0 Å². The van der Waals surface area contributed by atoms with E-state index in [0.717, 1.165) is 18.6 Å². The highest BCUT2D eigenvalue weighted by Crippen LogP contribution is 2.24. The smallest absolute Gasteiger partial charge is 0.119 e. The molecule has 3 unspecified atom stereocenters. The van der Waals surface area contributed by atoms with Crippen molar-refractivity contribution in [1.82, 2.24) is 5.32 Å². The standard InChI is InChI=1S/C17H27NO3/c1-12-8-16(9-13(2)21-12)20-11-17(18-3)14-6-5-7-15(10-14)19-4/h5-7,10,12-13,16-18H,8-9,11H2,1-4H3. The van der Waals surface area contributed by atoms with Gasteiger partial charge in [0.15, 0.2) is 0 Å². The van der Waals surface area contributed by atoms with Gasteiger partial charge in [-0.3, -0.25) is 0 Å². The van der Waals surface area contributed by atoms with E-state index in [4.69, 9.17) is 14.2 Å². The summed E-state index contributed by atoms with van der Waals surface area (Å²) in [6.07, 6.45) is 2.79.